The van der Waals surface area contributed by atoms with E-state index in [0.29, 0.717) is 0 Å². The number of carboxylic acids is 1. The first kappa shape index (κ1) is 14.8. The van der Waals surface area contributed by atoms with Gasteiger partial charge < -0.3 is 20.0 Å². The molecule has 0 bridgehead atoms. The van der Waals surface area contributed by atoms with Gasteiger partial charge in [0, 0.05) is 13.1 Å². The van der Waals surface area contributed by atoms with Crippen molar-refractivity contribution in [1.82, 2.24) is 9.80 Å². The number of carbonyl (C=O) groups excluding carboxylic acids is 1. The highest BCUT2D eigenvalue weighted by atomic mass is 16.4. The fourth-order valence-corrected chi connectivity index (χ4v) is 2.23. The minimum absolute atomic E-state index is 0.0157. The van der Waals surface area contributed by atoms with Crippen LogP contribution in [-0.4, -0.2) is 64.3 Å². The van der Waals surface area contributed by atoms with Gasteiger partial charge in [-0.15, -0.1) is 0 Å². The summed E-state index contributed by atoms with van der Waals surface area (Å²) in [6.07, 6.45) is 3.79. The second kappa shape index (κ2) is 6.58. The molecule has 0 spiro atoms. The van der Waals surface area contributed by atoms with E-state index >= 15 is 0 Å². The molecule has 1 aliphatic rings. The number of likely N-dealkylation sites (N-methyl/N-ethyl adjacent to an activating group) is 1. The highest BCUT2D eigenvalue weighted by Crippen LogP contribution is 2.24. The van der Waals surface area contributed by atoms with Crippen molar-refractivity contribution in [2.75, 3.05) is 20.2 Å². The molecule has 0 heterocycles. The second-order valence-corrected chi connectivity index (χ2v) is 4.88. The highest BCUT2D eigenvalue weighted by Gasteiger charge is 2.31. The van der Waals surface area contributed by atoms with Gasteiger partial charge in [-0.25, -0.2) is 4.79 Å². The summed E-state index contributed by atoms with van der Waals surface area (Å²) in [6.45, 7) is 1.32. The van der Waals surface area contributed by atoms with Crippen LogP contribution in [0.2, 0.25) is 0 Å². The Balaban J connectivity index is 2.74. The summed E-state index contributed by atoms with van der Waals surface area (Å²) in [4.78, 5) is 25.9. The van der Waals surface area contributed by atoms with E-state index < -0.39 is 5.97 Å². The molecule has 1 unspecified atom stereocenters. The van der Waals surface area contributed by atoms with Crippen LogP contribution in [0.4, 0.5) is 4.79 Å². The normalized spacial score (nSPS) is 17.5. The average molecular weight is 258 g/mol. The molecule has 2 amide bonds. The lowest BCUT2D eigenvalue weighted by Gasteiger charge is -2.34. The Hall–Kier alpha value is -1.30. The monoisotopic (exact) mass is 258 g/mol. The van der Waals surface area contributed by atoms with Gasteiger partial charge in [0.15, 0.2) is 0 Å². The van der Waals surface area contributed by atoms with E-state index in [-0.39, 0.29) is 31.3 Å². The van der Waals surface area contributed by atoms with Gasteiger partial charge >= 0.3 is 12.0 Å². The van der Waals surface area contributed by atoms with Crippen LogP contribution in [0, 0.1) is 0 Å². The van der Waals surface area contributed by atoms with Crippen molar-refractivity contribution in [1.29, 1.82) is 0 Å². The summed E-state index contributed by atoms with van der Waals surface area (Å²) >= 11 is 0. The number of carbonyl (C=O) groups is 2. The molecule has 1 atom stereocenters. The first-order valence-corrected chi connectivity index (χ1v) is 6.33. The summed E-state index contributed by atoms with van der Waals surface area (Å²) < 4.78 is 0. The number of aliphatic hydroxyl groups is 1. The minimum atomic E-state index is -1.000. The van der Waals surface area contributed by atoms with Crippen molar-refractivity contribution in [2.24, 2.45) is 0 Å². The molecule has 1 rings (SSSR count). The van der Waals surface area contributed by atoms with Gasteiger partial charge in [-0.05, 0) is 19.8 Å². The third-order valence-corrected chi connectivity index (χ3v) is 3.54. The summed E-state index contributed by atoms with van der Waals surface area (Å²) in [5, 5.41) is 18.0. The summed E-state index contributed by atoms with van der Waals surface area (Å²) in [5.41, 5.74) is 0. The molecule has 0 aromatic rings. The maximum atomic E-state index is 12.2. The zero-order chi connectivity index (χ0) is 13.7. The molecule has 1 aliphatic carbocycles. The van der Waals surface area contributed by atoms with Crippen LogP contribution in [0.5, 0.6) is 0 Å². The first-order valence-electron chi connectivity index (χ1n) is 6.33. The molecular weight excluding hydrogens is 236 g/mol. The molecule has 0 radical (unpaired) electrons. The van der Waals surface area contributed by atoms with Gasteiger partial charge in [0.1, 0.15) is 6.54 Å². The van der Waals surface area contributed by atoms with Crippen LogP contribution >= 0.6 is 0 Å². The van der Waals surface area contributed by atoms with Gasteiger partial charge in [0.05, 0.1) is 12.6 Å². The number of hydrogen-bond donors (Lipinski definition) is 2. The van der Waals surface area contributed by atoms with Crippen molar-refractivity contribution in [3.05, 3.63) is 0 Å². The molecule has 0 aromatic carbocycles. The lowest BCUT2D eigenvalue weighted by atomic mass is 10.2. The van der Waals surface area contributed by atoms with Crippen molar-refractivity contribution in [3.8, 4) is 0 Å². The lowest BCUT2D eigenvalue weighted by molar-refractivity contribution is -0.138. The Morgan fingerprint density at radius 3 is 2.33 bits per heavy atom. The molecule has 2 N–H and O–H groups in total. The maximum Gasteiger partial charge on any atom is 0.323 e. The Labute approximate surface area is 107 Å². The number of hydrogen-bond acceptors (Lipinski definition) is 3. The van der Waals surface area contributed by atoms with E-state index in [1.54, 1.807) is 14.0 Å². The predicted molar refractivity (Wildman–Crippen MR) is 66.3 cm³/mol. The Bertz CT molecular complexity index is 302. The van der Waals surface area contributed by atoms with E-state index in [2.05, 4.69) is 0 Å². The topological polar surface area (TPSA) is 81.1 Å². The van der Waals surface area contributed by atoms with E-state index in [0.717, 1.165) is 25.7 Å². The molecule has 1 fully saturated rings. The Morgan fingerprint density at radius 2 is 1.89 bits per heavy atom. The third-order valence-electron chi connectivity index (χ3n) is 3.54. The number of aliphatic hydroxyl groups excluding tert-OH is 1. The number of carboxylic acid groups (broad SMARTS) is 1. The minimum Gasteiger partial charge on any atom is -0.480 e. The zero-order valence-corrected chi connectivity index (χ0v) is 11.0. The van der Waals surface area contributed by atoms with Crippen molar-refractivity contribution in [2.45, 2.75) is 44.7 Å². The van der Waals surface area contributed by atoms with Gasteiger partial charge in [-0.1, -0.05) is 12.8 Å². The van der Waals surface area contributed by atoms with Crippen LogP contribution in [-0.2, 0) is 4.79 Å². The standard InChI is InChI=1S/C12H22N2O4/c1-9(8-15)13(2)12(18)14(7-11(16)17)10-5-3-4-6-10/h9-10,15H,3-8H2,1-2H3,(H,16,17). The second-order valence-electron chi connectivity index (χ2n) is 4.88. The number of amides is 2. The largest absolute Gasteiger partial charge is 0.480 e. The van der Waals surface area contributed by atoms with E-state index in [9.17, 15) is 9.59 Å². The molecule has 104 valence electrons. The van der Waals surface area contributed by atoms with Crippen LogP contribution in [0.25, 0.3) is 0 Å². The van der Waals surface area contributed by atoms with E-state index in [1.165, 1.54) is 9.80 Å². The SMILES string of the molecule is CC(CO)N(C)C(=O)N(CC(=O)O)C1CCCC1. The number of aliphatic carboxylic acids is 1. The summed E-state index contributed by atoms with van der Waals surface area (Å²) in [5.74, 6) is -1.000. The van der Waals surface area contributed by atoms with Crippen LogP contribution in [0.1, 0.15) is 32.6 Å². The molecular formula is C12H22N2O4. The van der Waals surface area contributed by atoms with Crippen molar-refractivity contribution >= 4 is 12.0 Å². The smallest absolute Gasteiger partial charge is 0.323 e. The van der Waals surface area contributed by atoms with Crippen molar-refractivity contribution < 1.29 is 19.8 Å². The molecule has 6 heteroatoms. The number of urea groups is 1. The fourth-order valence-electron chi connectivity index (χ4n) is 2.23. The molecule has 0 saturated heterocycles. The number of nitrogens with zero attached hydrogens (tertiary/aromatic N) is 2. The Morgan fingerprint density at radius 1 is 1.33 bits per heavy atom. The maximum absolute atomic E-state index is 12.2. The lowest BCUT2D eigenvalue weighted by Crippen LogP contribution is -2.51. The predicted octanol–water partition coefficient (Wildman–Crippen LogP) is 0.748. The number of rotatable bonds is 5. The summed E-state index contributed by atoms with van der Waals surface area (Å²) in [7, 11) is 1.59. The fraction of sp³-hybridized carbons (Fsp3) is 0.833. The Kier molecular flexibility index (Phi) is 5.40. The molecule has 0 aromatic heterocycles. The average Bonchev–Trinajstić information content (AvgIpc) is 2.86. The molecule has 6 nitrogen and oxygen atoms in total. The summed E-state index contributed by atoms with van der Waals surface area (Å²) in [6, 6.07) is -0.608. The van der Waals surface area contributed by atoms with Gasteiger partial charge in [0.25, 0.3) is 0 Å². The highest BCUT2D eigenvalue weighted by molar-refractivity contribution is 5.80. The molecule has 18 heavy (non-hydrogen) atoms. The van der Waals surface area contributed by atoms with E-state index in [1.807, 2.05) is 0 Å². The molecule has 0 aliphatic heterocycles. The van der Waals surface area contributed by atoms with Gasteiger partial charge in [-0.3, -0.25) is 4.79 Å². The van der Waals surface area contributed by atoms with E-state index in [4.69, 9.17) is 10.2 Å². The van der Waals surface area contributed by atoms with Crippen LogP contribution in [0.3, 0.4) is 0 Å². The van der Waals surface area contributed by atoms with Gasteiger partial charge in [0.2, 0.25) is 0 Å². The quantitative estimate of drug-likeness (QED) is 0.762. The first-order chi connectivity index (χ1) is 8.47. The van der Waals surface area contributed by atoms with Crippen LogP contribution in [0.15, 0.2) is 0 Å². The third kappa shape index (κ3) is 3.60. The molecule has 1 saturated carbocycles. The zero-order valence-electron chi connectivity index (χ0n) is 11.0. The van der Waals surface area contributed by atoms with Crippen molar-refractivity contribution in [3.63, 3.8) is 0 Å². The van der Waals surface area contributed by atoms with Gasteiger partial charge in [-0.2, -0.15) is 0 Å². The van der Waals surface area contributed by atoms with Crippen LogP contribution < -0.4 is 0 Å².